The van der Waals surface area contributed by atoms with Gasteiger partial charge in [0.15, 0.2) is 0 Å². The maximum atomic E-state index is 11.1. The first-order valence-corrected chi connectivity index (χ1v) is 6.19. The Morgan fingerprint density at radius 1 is 1.22 bits per heavy atom. The SMILES string of the molecule is C=C(CC)C(=O)OCCCCCC.C=CC(=O)O. The summed E-state index contributed by atoms with van der Waals surface area (Å²) in [5.74, 6) is -1.22. The second kappa shape index (κ2) is 13.5. The van der Waals surface area contributed by atoms with Crippen LogP contribution < -0.4 is 0 Å². The molecule has 0 saturated carbocycles. The lowest BCUT2D eigenvalue weighted by Gasteiger charge is -2.04. The lowest BCUT2D eigenvalue weighted by Crippen LogP contribution is -2.07. The van der Waals surface area contributed by atoms with Gasteiger partial charge in [0.05, 0.1) is 6.61 Å². The highest BCUT2D eigenvalue weighted by Gasteiger charge is 2.04. The summed E-state index contributed by atoms with van der Waals surface area (Å²) in [7, 11) is 0. The minimum atomic E-state index is -0.981. The Labute approximate surface area is 109 Å². The molecule has 0 aliphatic rings. The van der Waals surface area contributed by atoms with E-state index in [1.54, 1.807) is 0 Å². The Bertz CT molecular complexity index is 269. The molecule has 0 bridgehead atoms. The first-order chi connectivity index (χ1) is 8.49. The van der Waals surface area contributed by atoms with Gasteiger partial charge in [0.25, 0.3) is 0 Å². The largest absolute Gasteiger partial charge is 0.478 e. The van der Waals surface area contributed by atoms with Crippen LogP contribution in [0.15, 0.2) is 24.8 Å². The number of esters is 1. The van der Waals surface area contributed by atoms with Gasteiger partial charge in [0.1, 0.15) is 0 Å². The standard InChI is InChI=1S/C11H20O2.C3H4O2/c1-4-6-7-8-9-13-11(12)10(3)5-2;1-2-3(4)5/h3-9H2,1-2H3;2H,1H2,(H,4,5). The summed E-state index contributed by atoms with van der Waals surface area (Å²) in [5.41, 5.74) is 0.565. The van der Waals surface area contributed by atoms with E-state index in [1.807, 2.05) is 6.92 Å². The van der Waals surface area contributed by atoms with Crippen molar-refractivity contribution in [3.05, 3.63) is 24.8 Å². The zero-order valence-corrected chi connectivity index (χ0v) is 11.4. The summed E-state index contributed by atoms with van der Waals surface area (Å²) in [5, 5.41) is 7.60. The summed E-state index contributed by atoms with van der Waals surface area (Å²) < 4.78 is 5.00. The average molecular weight is 256 g/mol. The summed E-state index contributed by atoms with van der Waals surface area (Å²) in [6.45, 7) is 11.2. The molecule has 104 valence electrons. The Hall–Kier alpha value is -1.58. The number of unbranched alkanes of at least 4 members (excludes halogenated alkanes) is 3. The first-order valence-electron chi connectivity index (χ1n) is 6.19. The van der Waals surface area contributed by atoms with Crippen molar-refractivity contribution >= 4 is 11.9 Å². The fourth-order valence-corrected chi connectivity index (χ4v) is 0.940. The van der Waals surface area contributed by atoms with Crippen LogP contribution in [0.2, 0.25) is 0 Å². The van der Waals surface area contributed by atoms with Crippen molar-refractivity contribution in [2.75, 3.05) is 6.61 Å². The first kappa shape index (κ1) is 18.8. The molecule has 0 fully saturated rings. The molecule has 4 nitrogen and oxygen atoms in total. The van der Waals surface area contributed by atoms with E-state index in [9.17, 15) is 9.59 Å². The predicted molar refractivity (Wildman–Crippen MR) is 72.4 cm³/mol. The minimum absolute atomic E-state index is 0.237. The zero-order valence-electron chi connectivity index (χ0n) is 11.4. The Morgan fingerprint density at radius 2 is 1.78 bits per heavy atom. The van der Waals surface area contributed by atoms with Crippen LogP contribution in [0.25, 0.3) is 0 Å². The number of carbonyl (C=O) groups is 2. The van der Waals surface area contributed by atoms with Gasteiger partial charge in [-0.3, -0.25) is 0 Å². The zero-order chi connectivity index (χ0) is 14.4. The molecule has 4 heteroatoms. The molecule has 0 saturated heterocycles. The van der Waals surface area contributed by atoms with Crippen LogP contribution in [0, 0.1) is 0 Å². The molecule has 0 aromatic rings. The molecule has 0 rings (SSSR count). The maximum Gasteiger partial charge on any atom is 0.333 e. The molecule has 0 atom stereocenters. The van der Waals surface area contributed by atoms with E-state index in [4.69, 9.17) is 9.84 Å². The molecule has 0 aliphatic heterocycles. The highest BCUT2D eigenvalue weighted by atomic mass is 16.5. The highest BCUT2D eigenvalue weighted by molar-refractivity contribution is 5.87. The molecule has 0 aliphatic carbocycles. The van der Waals surface area contributed by atoms with E-state index in [2.05, 4.69) is 20.1 Å². The monoisotopic (exact) mass is 256 g/mol. The molecular weight excluding hydrogens is 232 g/mol. The predicted octanol–water partition coefficient (Wildman–Crippen LogP) is 3.33. The van der Waals surface area contributed by atoms with Crippen molar-refractivity contribution < 1.29 is 19.4 Å². The van der Waals surface area contributed by atoms with Crippen molar-refractivity contribution in [2.45, 2.75) is 46.0 Å². The molecule has 0 aromatic heterocycles. The van der Waals surface area contributed by atoms with Gasteiger partial charge in [0.2, 0.25) is 0 Å². The Balaban J connectivity index is 0. The normalized spacial score (nSPS) is 8.78. The second-order valence-electron chi connectivity index (χ2n) is 3.70. The fraction of sp³-hybridized carbons (Fsp3) is 0.571. The van der Waals surface area contributed by atoms with Crippen LogP contribution in [-0.4, -0.2) is 23.7 Å². The van der Waals surface area contributed by atoms with Gasteiger partial charge in [-0.2, -0.15) is 0 Å². The number of hydrogen-bond donors (Lipinski definition) is 1. The third-order valence-corrected chi connectivity index (χ3v) is 2.12. The average Bonchev–Trinajstić information content (AvgIpc) is 2.37. The molecule has 0 heterocycles. The molecular formula is C14H24O4. The molecule has 0 aromatic carbocycles. The maximum absolute atomic E-state index is 11.1. The van der Waals surface area contributed by atoms with Crippen molar-refractivity contribution in [3.63, 3.8) is 0 Å². The number of ether oxygens (including phenoxy) is 1. The van der Waals surface area contributed by atoms with E-state index >= 15 is 0 Å². The quantitative estimate of drug-likeness (QED) is 0.411. The summed E-state index contributed by atoms with van der Waals surface area (Å²) >= 11 is 0. The number of carboxylic acids is 1. The van der Waals surface area contributed by atoms with Crippen LogP contribution in [0.3, 0.4) is 0 Å². The van der Waals surface area contributed by atoms with Crippen molar-refractivity contribution in [1.82, 2.24) is 0 Å². The molecule has 0 unspecified atom stereocenters. The van der Waals surface area contributed by atoms with Gasteiger partial charge in [-0.1, -0.05) is 46.3 Å². The lowest BCUT2D eigenvalue weighted by molar-refractivity contribution is -0.139. The number of carboxylic acid groups (broad SMARTS) is 1. The summed E-state index contributed by atoms with van der Waals surface area (Å²) in [6, 6.07) is 0. The van der Waals surface area contributed by atoms with E-state index in [0.717, 1.165) is 18.9 Å². The second-order valence-corrected chi connectivity index (χ2v) is 3.70. The lowest BCUT2D eigenvalue weighted by atomic mass is 10.2. The van der Waals surface area contributed by atoms with Crippen molar-refractivity contribution in [1.29, 1.82) is 0 Å². The van der Waals surface area contributed by atoms with Gasteiger partial charge in [-0.15, -0.1) is 0 Å². The van der Waals surface area contributed by atoms with E-state index in [1.165, 1.54) is 12.8 Å². The van der Waals surface area contributed by atoms with Crippen LogP contribution in [-0.2, 0) is 14.3 Å². The van der Waals surface area contributed by atoms with Gasteiger partial charge in [-0.25, -0.2) is 9.59 Å². The Morgan fingerprint density at radius 3 is 2.17 bits per heavy atom. The number of hydrogen-bond acceptors (Lipinski definition) is 3. The number of aliphatic carboxylic acids is 1. The summed E-state index contributed by atoms with van der Waals surface area (Å²) in [4.78, 5) is 20.3. The molecule has 18 heavy (non-hydrogen) atoms. The van der Waals surface area contributed by atoms with Gasteiger partial charge in [0, 0.05) is 11.6 Å². The van der Waals surface area contributed by atoms with E-state index in [0.29, 0.717) is 18.6 Å². The van der Waals surface area contributed by atoms with Crippen LogP contribution in [0.1, 0.15) is 46.0 Å². The van der Waals surface area contributed by atoms with E-state index < -0.39 is 5.97 Å². The van der Waals surface area contributed by atoms with Gasteiger partial charge >= 0.3 is 11.9 Å². The third kappa shape index (κ3) is 14.4. The van der Waals surface area contributed by atoms with Crippen LogP contribution in [0.5, 0.6) is 0 Å². The highest BCUT2D eigenvalue weighted by Crippen LogP contribution is 2.03. The van der Waals surface area contributed by atoms with Crippen LogP contribution in [0.4, 0.5) is 0 Å². The number of rotatable bonds is 8. The minimum Gasteiger partial charge on any atom is -0.478 e. The smallest absolute Gasteiger partial charge is 0.333 e. The Kier molecular flexibility index (Phi) is 14.1. The van der Waals surface area contributed by atoms with Crippen molar-refractivity contribution in [3.8, 4) is 0 Å². The molecule has 0 amide bonds. The third-order valence-electron chi connectivity index (χ3n) is 2.12. The van der Waals surface area contributed by atoms with Gasteiger partial charge < -0.3 is 9.84 Å². The molecule has 1 N–H and O–H groups in total. The topological polar surface area (TPSA) is 63.6 Å². The fourth-order valence-electron chi connectivity index (χ4n) is 0.940. The summed E-state index contributed by atoms with van der Waals surface area (Å²) in [6.07, 6.45) is 6.04. The van der Waals surface area contributed by atoms with E-state index in [-0.39, 0.29) is 5.97 Å². The van der Waals surface area contributed by atoms with Crippen molar-refractivity contribution in [2.24, 2.45) is 0 Å². The van der Waals surface area contributed by atoms with Gasteiger partial charge in [-0.05, 0) is 12.8 Å². The van der Waals surface area contributed by atoms with Crippen LogP contribution >= 0.6 is 0 Å². The molecule has 0 spiro atoms. The molecule has 0 radical (unpaired) electrons. The number of carbonyl (C=O) groups excluding carboxylic acids is 1.